The second-order valence-corrected chi connectivity index (χ2v) is 9.99. The summed E-state index contributed by atoms with van der Waals surface area (Å²) < 4.78 is 4.45. The lowest BCUT2D eigenvalue weighted by atomic mass is 9.82. The van der Waals surface area contributed by atoms with E-state index in [0.717, 1.165) is 33.5 Å². The molecule has 0 unspecified atom stereocenters. The Bertz CT molecular complexity index is 1660. The van der Waals surface area contributed by atoms with E-state index >= 15 is 0 Å². The fraction of sp³-hybridized carbons (Fsp3) is 0.138. The second kappa shape index (κ2) is 7.23. The molecule has 0 aliphatic rings. The number of imidazole rings is 2. The Kier molecular flexibility index (Phi) is 4.40. The van der Waals surface area contributed by atoms with Crippen LogP contribution in [-0.2, 0) is 5.41 Å². The van der Waals surface area contributed by atoms with E-state index in [2.05, 4.69) is 96.5 Å². The first-order valence-corrected chi connectivity index (χ1v) is 11.6. The Morgan fingerprint density at radius 3 is 2.33 bits per heavy atom. The van der Waals surface area contributed by atoms with Gasteiger partial charge in [-0.05, 0) is 64.6 Å². The van der Waals surface area contributed by atoms with Crippen molar-refractivity contribution in [2.45, 2.75) is 26.2 Å². The van der Waals surface area contributed by atoms with Crippen LogP contribution in [0.2, 0.25) is 5.02 Å². The molecule has 0 aliphatic carbocycles. The van der Waals surface area contributed by atoms with Crippen molar-refractivity contribution < 1.29 is 0 Å². The van der Waals surface area contributed by atoms with Gasteiger partial charge in [-0.1, -0.05) is 80.9 Å². The highest BCUT2D eigenvalue weighted by atomic mass is 35.5. The summed E-state index contributed by atoms with van der Waals surface area (Å²) in [6, 6.07) is 31.7. The second-order valence-electron chi connectivity index (χ2n) is 9.55. The van der Waals surface area contributed by atoms with E-state index in [1.54, 1.807) is 0 Å². The van der Waals surface area contributed by atoms with Gasteiger partial charge in [-0.15, -0.1) is 0 Å². The molecule has 0 amide bonds. The molecule has 0 saturated heterocycles. The fourth-order valence-corrected chi connectivity index (χ4v) is 5.01. The molecule has 0 aliphatic heterocycles. The van der Waals surface area contributed by atoms with Gasteiger partial charge >= 0.3 is 0 Å². The highest BCUT2D eigenvalue weighted by Gasteiger charge is 2.21. The standard InChI is InChI=1S/C29H24ClN3/c1-29(2,3)23-12-5-4-11-22(23)19-15-16-26-27(17-19)33-25-14-7-6-13-24(25)31-28(33)32(26)21-10-8-9-20(30)18-21/h4-18H,1-3H3. The maximum atomic E-state index is 6.37. The Morgan fingerprint density at radius 2 is 1.52 bits per heavy atom. The third kappa shape index (κ3) is 3.15. The smallest absolute Gasteiger partial charge is 0.220 e. The minimum absolute atomic E-state index is 0.0509. The minimum Gasteiger partial charge on any atom is -0.278 e. The van der Waals surface area contributed by atoms with Crippen LogP contribution in [0.3, 0.4) is 0 Å². The van der Waals surface area contributed by atoms with Crippen LogP contribution >= 0.6 is 11.6 Å². The van der Waals surface area contributed by atoms with Crippen molar-refractivity contribution in [1.29, 1.82) is 0 Å². The van der Waals surface area contributed by atoms with Gasteiger partial charge < -0.3 is 0 Å². The number of benzene rings is 4. The van der Waals surface area contributed by atoms with Crippen LogP contribution in [0.1, 0.15) is 26.3 Å². The largest absolute Gasteiger partial charge is 0.278 e. The summed E-state index contributed by atoms with van der Waals surface area (Å²) in [6.07, 6.45) is 0. The molecule has 0 fully saturated rings. The molecule has 33 heavy (non-hydrogen) atoms. The van der Waals surface area contributed by atoms with Gasteiger partial charge in [0, 0.05) is 5.02 Å². The Balaban J connectivity index is 1.72. The average Bonchev–Trinajstić information content (AvgIpc) is 3.32. The lowest BCUT2D eigenvalue weighted by Gasteiger charge is -2.23. The van der Waals surface area contributed by atoms with Crippen molar-refractivity contribution in [3.63, 3.8) is 0 Å². The van der Waals surface area contributed by atoms with E-state index in [1.165, 1.54) is 16.7 Å². The van der Waals surface area contributed by atoms with Crippen LogP contribution in [0.5, 0.6) is 0 Å². The number of para-hydroxylation sites is 2. The molecule has 162 valence electrons. The summed E-state index contributed by atoms with van der Waals surface area (Å²) in [5.74, 6) is 0.884. The summed E-state index contributed by atoms with van der Waals surface area (Å²) in [5.41, 5.74) is 9.16. The highest BCUT2D eigenvalue weighted by Crippen LogP contribution is 2.36. The summed E-state index contributed by atoms with van der Waals surface area (Å²) in [6.45, 7) is 6.80. The topological polar surface area (TPSA) is 22.2 Å². The lowest BCUT2D eigenvalue weighted by molar-refractivity contribution is 0.592. The number of nitrogens with zero attached hydrogens (tertiary/aromatic N) is 3. The number of rotatable bonds is 2. The first-order valence-electron chi connectivity index (χ1n) is 11.2. The molecule has 2 aromatic heterocycles. The number of fused-ring (bicyclic) bond motifs is 5. The Labute approximate surface area is 197 Å². The van der Waals surface area contributed by atoms with Crippen molar-refractivity contribution in [2.24, 2.45) is 0 Å². The third-order valence-electron chi connectivity index (χ3n) is 6.31. The van der Waals surface area contributed by atoms with Gasteiger partial charge in [0.05, 0.1) is 27.8 Å². The van der Waals surface area contributed by atoms with E-state index in [9.17, 15) is 0 Å². The molecule has 0 N–H and O–H groups in total. The minimum atomic E-state index is 0.0509. The first kappa shape index (κ1) is 20.1. The van der Waals surface area contributed by atoms with Crippen LogP contribution in [0, 0.1) is 0 Å². The van der Waals surface area contributed by atoms with E-state index in [-0.39, 0.29) is 5.41 Å². The van der Waals surface area contributed by atoms with Crippen molar-refractivity contribution in [1.82, 2.24) is 14.0 Å². The molecule has 0 bridgehead atoms. The maximum Gasteiger partial charge on any atom is 0.220 e. The fourth-order valence-electron chi connectivity index (χ4n) is 4.83. The van der Waals surface area contributed by atoms with Crippen LogP contribution in [0.4, 0.5) is 0 Å². The van der Waals surface area contributed by atoms with Crippen LogP contribution in [0.25, 0.3) is 44.7 Å². The molecule has 3 nitrogen and oxygen atoms in total. The van der Waals surface area contributed by atoms with Gasteiger partial charge in [0.15, 0.2) is 0 Å². The average molecular weight is 450 g/mol. The molecule has 6 aromatic rings. The molecule has 0 atom stereocenters. The molecule has 4 heteroatoms. The SMILES string of the molecule is CC(C)(C)c1ccccc1-c1ccc2c(c1)n1c3ccccc3nc1n2-c1cccc(Cl)c1. The van der Waals surface area contributed by atoms with E-state index in [1.807, 2.05) is 24.3 Å². The van der Waals surface area contributed by atoms with Crippen LogP contribution in [0.15, 0.2) is 91.0 Å². The molecular weight excluding hydrogens is 426 g/mol. The Morgan fingerprint density at radius 1 is 0.727 bits per heavy atom. The van der Waals surface area contributed by atoms with E-state index < -0.39 is 0 Å². The van der Waals surface area contributed by atoms with Crippen LogP contribution in [-0.4, -0.2) is 14.0 Å². The zero-order valence-electron chi connectivity index (χ0n) is 18.9. The van der Waals surface area contributed by atoms with Crippen molar-refractivity contribution in [2.75, 3.05) is 0 Å². The number of hydrogen-bond acceptors (Lipinski definition) is 1. The van der Waals surface area contributed by atoms with Gasteiger partial charge in [0.1, 0.15) is 0 Å². The van der Waals surface area contributed by atoms with Gasteiger partial charge in [0.25, 0.3) is 0 Å². The van der Waals surface area contributed by atoms with Crippen molar-refractivity contribution >= 4 is 39.4 Å². The van der Waals surface area contributed by atoms with Gasteiger partial charge in [-0.2, -0.15) is 0 Å². The van der Waals surface area contributed by atoms with E-state index in [4.69, 9.17) is 16.6 Å². The van der Waals surface area contributed by atoms with Crippen molar-refractivity contribution in [3.8, 4) is 16.8 Å². The summed E-state index contributed by atoms with van der Waals surface area (Å²) >= 11 is 6.37. The molecule has 0 saturated carbocycles. The molecular formula is C29H24ClN3. The molecule has 0 radical (unpaired) electrons. The normalized spacial score (nSPS) is 12.2. The summed E-state index contributed by atoms with van der Waals surface area (Å²) in [7, 11) is 0. The number of aromatic nitrogens is 3. The third-order valence-corrected chi connectivity index (χ3v) is 6.55. The van der Waals surface area contributed by atoms with Crippen LogP contribution < -0.4 is 0 Å². The summed E-state index contributed by atoms with van der Waals surface area (Å²) in [4.78, 5) is 5.00. The predicted molar refractivity (Wildman–Crippen MR) is 139 cm³/mol. The zero-order chi connectivity index (χ0) is 22.7. The van der Waals surface area contributed by atoms with Gasteiger partial charge in [-0.25, -0.2) is 4.98 Å². The lowest BCUT2D eigenvalue weighted by Crippen LogP contribution is -2.12. The quantitative estimate of drug-likeness (QED) is 0.262. The first-order chi connectivity index (χ1) is 15.9. The van der Waals surface area contributed by atoms with Gasteiger partial charge in [-0.3, -0.25) is 8.97 Å². The molecule has 6 rings (SSSR count). The van der Waals surface area contributed by atoms with Gasteiger partial charge in [0.2, 0.25) is 5.78 Å². The number of halogens is 1. The molecule has 4 aromatic carbocycles. The summed E-state index contributed by atoms with van der Waals surface area (Å²) in [5, 5.41) is 0.708. The van der Waals surface area contributed by atoms with E-state index in [0.29, 0.717) is 5.02 Å². The zero-order valence-corrected chi connectivity index (χ0v) is 19.6. The monoisotopic (exact) mass is 449 g/mol. The Hall–Kier alpha value is -3.56. The number of hydrogen-bond donors (Lipinski definition) is 0. The van der Waals surface area contributed by atoms with Crippen molar-refractivity contribution in [3.05, 3.63) is 102 Å². The predicted octanol–water partition coefficient (Wildman–Crippen LogP) is 8.05. The highest BCUT2D eigenvalue weighted by molar-refractivity contribution is 6.30. The molecule has 2 heterocycles. The molecule has 0 spiro atoms. The maximum absolute atomic E-state index is 6.37.